The summed E-state index contributed by atoms with van der Waals surface area (Å²) in [5.74, 6) is 0.772. The van der Waals surface area contributed by atoms with E-state index in [-0.39, 0.29) is 18.2 Å². The lowest BCUT2D eigenvalue weighted by atomic mass is 10.1. The van der Waals surface area contributed by atoms with Crippen molar-refractivity contribution in [2.45, 2.75) is 39.5 Å². The fourth-order valence-electron chi connectivity index (χ4n) is 2.18. The van der Waals surface area contributed by atoms with Crippen molar-refractivity contribution in [1.82, 2.24) is 4.57 Å². The molecule has 4 nitrogen and oxygen atoms in total. The number of aliphatic hydroxyl groups is 1. The molecule has 4 heteroatoms. The first-order chi connectivity index (χ1) is 9.97. The highest BCUT2D eigenvalue weighted by molar-refractivity contribution is 5.28. The molecule has 0 aliphatic carbocycles. The summed E-state index contributed by atoms with van der Waals surface area (Å²) < 4.78 is 7.14. The molecule has 21 heavy (non-hydrogen) atoms. The Hall–Kier alpha value is -2.07. The van der Waals surface area contributed by atoms with Gasteiger partial charge in [-0.05, 0) is 44.5 Å². The van der Waals surface area contributed by atoms with E-state index in [0.717, 1.165) is 17.0 Å². The lowest BCUT2D eigenvalue weighted by Gasteiger charge is -2.16. The minimum absolute atomic E-state index is 0.103. The molecule has 0 aliphatic heterocycles. The van der Waals surface area contributed by atoms with Crippen LogP contribution in [0, 0.1) is 6.92 Å². The molecule has 1 aromatic carbocycles. The molecule has 0 aliphatic rings. The summed E-state index contributed by atoms with van der Waals surface area (Å²) in [6.45, 7) is 6.03. The maximum absolute atomic E-state index is 11.8. The predicted octanol–water partition coefficient (Wildman–Crippen LogP) is 2.68. The van der Waals surface area contributed by atoms with Crippen LogP contribution < -0.4 is 10.3 Å². The normalized spacial score (nSPS) is 12.4. The van der Waals surface area contributed by atoms with Crippen molar-refractivity contribution in [3.05, 3.63) is 64.1 Å². The molecule has 1 aromatic heterocycles. The number of aryl methyl sites for hydroxylation is 1. The zero-order valence-electron chi connectivity index (χ0n) is 12.6. The fourth-order valence-corrected chi connectivity index (χ4v) is 2.18. The first kappa shape index (κ1) is 15.3. The number of rotatable bonds is 5. The summed E-state index contributed by atoms with van der Waals surface area (Å²) in [7, 11) is 0. The van der Waals surface area contributed by atoms with Gasteiger partial charge in [0.1, 0.15) is 5.75 Å². The van der Waals surface area contributed by atoms with Crippen LogP contribution in [0.15, 0.2) is 47.3 Å². The van der Waals surface area contributed by atoms with E-state index in [4.69, 9.17) is 4.74 Å². The fraction of sp³-hybridized carbons (Fsp3) is 0.353. The van der Waals surface area contributed by atoms with Crippen molar-refractivity contribution < 1.29 is 9.84 Å². The molecule has 0 fully saturated rings. The standard InChI is InChI=1S/C17H21NO3/c1-12(2)21-15-9-7-14(8-10-15)16(19)11-18-13(3)5-4-6-17(18)20/h4-10,12,16,19H,11H2,1-3H3. The van der Waals surface area contributed by atoms with Crippen LogP contribution in [0.1, 0.15) is 31.2 Å². The van der Waals surface area contributed by atoms with Crippen molar-refractivity contribution in [1.29, 1.82) is 0 Å². The van der Waals surface area contributed by atoms with Gasteiger partial charge in [0.2, 0.25) is 0 Å². The molecular weight excluding hydrogens is 266 g/mol. The van der Waals surface area contributed by atoms with Gasteiger partial charge >= 0.3 is 0 Å². The summed E-state index contributed by atoms with van der Waals surface area (Å²) in [5, 5.41) is 10.3. The number of nitrogens with zero attached hydrogens (tertiary/aromatic N) is 1. The summed E-state index contributed by atoms with van der Waals surface area (Å²) in [6.07, 6.45) is -0.608. The average Bonchev–Trinajstić information content (AvgIpc) is 2.43. The molecule has 2 aromatic rings. The molecule has 0 radical (unpaired) electrons. The van der Waals surface area contributed by atoms with E-state index in [2.05, 4.69) is 0 Å². The second-order valence-corrected chi connectivity index (χ2v) is 5.37. The molecule has 2 rings (SSSR count). The van der Waals surface area contributed by atoms with Gasteiger partial charge in [-0.1, -0.05) is 18.2 Å². The van der Waals surface area contributed by atoms with Gasteiger partial charge in [0, 0.05) is 11.8 Å². The minimum Gasteiger partial charge on any atom is -0.491 e. The molecule has 112 valence electrons. The van der Waals surface area contributed by atoms with Crippen LogP contribution >= 0.6 is 0 Å². The monoisotopic (exact) mass is 287 g/mol. The Balaban J connectivity index is 2.13. The Bertz CT molecular complexity index is 644. The van der Waals surface area contributed by atoms with E-state index in [9.17, 15) is 9.90 Å². The third kappa shape index (κ3) is 3.95. The van der Waals surface area contributed by atoms with Crippen molar-refractivity contribution in [3.63, 3.8) is 0 Å². The van der Waals surface area contributed by atoms with Crippen LogP contribution in [0.5, 0.6) is 5.75 Å². The largest absolute Gasteiger partial charge is 0.491 e. The van der Waals surface area contributed by atoms with Gasteiger partial charge in [-0.15, -0.1) is 0 Å². The Kier molecular flexibility index (Phi) is 4.81. The van der Waals surface area contributed by atoms with Gasteiger partial charge in [-0.3, -0.25) is 4.79 Å². The molecule has 1 heterocycles. The average molecular weight is 287 g/mol. The van der Waals surface area contributed by atoms with Crippen molar-refractivity contribution in [3.8, 4) is 5.75 Å². The number of hydrogen-bond acceptors (Lipinski definition) is 3. The number of hydrogen-bond donors (Lipinski definition) is 1. The highest BCUT2D eigenvalue weighted by Crippen LogP contribution is 2.20. The molecule has 0 saturated carbocycles. The second-order valence-electron chi connectivity index (χ2n) is 5.37. The number of pyridine rings is 1. The van der Waals surface area contributed by atoms with Gasteiger partial charge in [0.25, 0.3) is 5.56 Å². The molecule has 0 bridgehead atoms. The van der Waals surface area contributed by atoms with E-state index in [1.165, 1.54) is 6.07 Å². The highest BCUT2D eigenvalue weighted by Gasteiger charge is 2.11. The number of aromatic nitrogens is 1. The predicted molar refractivity (Wildman–Crippen MR) is 82.6 cm³/mol. The summed E-state index contributed by atoms with van der Waals surface area (Å²) in [6, 6.07) is 12.4. The summed E-state index contributed by atoms with van der Waals surface area (Å²) in [4.78, 5) is 11.8. The lowest BCUT2D eigenvalue weighted by molar-refractivity contribution is 0.154. The van der Waals surface area contributed by atoms with E-state index < -0.39 is 6.10 Å². The summed E-state index contributed by atoms with van der Waals surface area (Å²) in [5.41, 5.74) is 1.50. The molecule has 0 amide bonds. The second kappa shape index (κ2) is 6.59. The van der Waals surface area contributed by atoms with E-state index >= 15 is 0 Å². The molecule has 1 unspecified atom stereocenters. The molecule has 1 atom stereocenters. The van der Waals surface area contributed by atoms with E-state index in [1.807, 2.05) is 51.1 Å². The van der Waals surface area contributed by atoms with Gasteiger partial charge in [-0.25, -0.2) is 0 Å². The Labute approximate surface area is 124 Å². The van der Waals surface area contributed by atoms with Crippen molar-refractivity contribution >= 4 is 0 Å². The van der Waals surface area contributed by atoms with E-state index in [0.29, 0.717) is 0 Å². The van der Waals surface area contributed by atoms with Crippen LogP contribution in [-0.4, -0.2) is 15.8 Å². The van der Waals surface area contributed by atoms with Crippen LogP contribution in [0.25, 0.3) is 0 Å². The minimum atomic E-state index is -0.725. The maximum atomic E-state index is 11.8. The van der Waals surface area contributed by atoms with Crippen LogP contribution in [0.3, 0.4) is 0 Å². The third-order valence-electron chi connectivity index (χ3n) is 3.26. The van der Waals surface area contributed by atoms with Crippen molar-refractivity contribution in [2.75, 3.05) is 0 Å². The molecule has 1 N–H and O–H groups in total. The topological polar surface area (TPSA) is 51.5 Å². The Morgan fingerprint density at radius 1 is 1.14 bits per heavy atom. The smallest absolute Gasteiger partial charge is 0.250 e. The molecule has 0 spiro atoms. The van der Waals surface area contributed by atoms with Gasteiger partial charge in [0.05, 0.1) is 18.8 Å². The molecule has 0 saturated heterocycles. The van der Waals surface area contributed by atoms with Crippen molar-refractivity contribution in [2.24, 2.45) is 0 Å². The Morgan fingerprint density at radius 3 is 2.38 bits per heavy atom. The number of aliphatic hydroxyl groups excluding tert-OH is 1. The number of ether oxygens (including phenoxy) is 1. The first-order valence-corrected chi connectivity index (χ1v) is 7.08. The SMILES string of the molecule is Cc1cccc(=O)n1CC(O)c1ccc(OC(C)C)cc1. The third-order valence-corrected chi connectivity index (χ3v) is 3.26. The molecular formula is C17H21NO3. The van der Waals surface area contributed by atoms with Crippen LogP contribution in [-0.2, 0) is 6.54 Å². The Morgan fingerprint density at radius 2 is 1.81 bits per heavy atom. The zero-order valence-corrected chi connectivity index (χ0v) is 12.6. The lowest BCUT2D eigenvalue weighted by Crippen LogP contribution is -2.24. The van der Waals surface area contributed by atoms with Crippen LogP contribution in [0.4, 0.5) is 0 Å². The maximum Gasteiger partial charge on any atom is 0.250 e. The van der Waals surface area contributed by atoms with E-state index in [1.54, 1.807) is 10.6 Å². The quantitative estimate of drug-likeness (QED) is 0.920. The first-order valence-electron chi connectivity index (χ1n) is 7.08. The van der Waals surface area contributed by atoms with Crippen LogP contribution in [0.2, 0.25) is 0 Å². The summed E-state index contributed by atoms with van der Waals surface area (Å²) >= 11 is 0. The highest BCUT2D eigenvalue weighted by atomic mass is 16.5. The van der Waals surface area contributed by atoms with Gasteiger partial charge < -0.3 is 14.4 Å². The number of benzene rings is 1. The van der Waals surface area contributed by atoms with Gasteiger partial charge in [-0.2, -0.15) is 0 Å². The van der Waals surface area contributed by atoms with Gasteiger partial charge in [0.15, 0.2) is 0 Å². The zero-order chi connectivity index (χ0) is 15.4.